The Morgan fingerprint density at radius 2 is 2.00 bits per heavy atom. The van der Waals surface area contributed by atoms with Gasteiger partial charge in [0.05, 0.1) is 5.52 Å². The Hall–Kier alpha value is -1.68. The summed E-state index contributed by atoms with van der Waals surface area (Å²) < 4.78 is 14.7. The van der Waals surface area contributed by atoms with E-state index >= 15 is 0 Å². The highest BCUT2D eigenvalue weighted by Gasteiger charge is 2.23. The minimum absolute atomic E-state index is 0.122. The molecule has 0 aliphatic carbocycles. The van der Waals surface area contributed by atoms with E-state index in [2.05, 4.69) is 0 Å². The van der Waals surface area contributed by atoms with Crippen LogP contribution in [-0.2, 0) is 12.5 Å². The van der Waals surface area contributed by atoms with Crippen molar-refractivity contribution in [2.24, 2.45) is 12.8 Å². The van der Waals surface area contributed by atoms with E-state index in [9.17, 15) is 9.18 Å². The lowest BCUT2D eigenvalue weighted by Gasteiger charge is -2.23. The third-order valence-corrected chi connectivity index (χ3v) is 3.43. The Morgan fingerprint density at radius 3 is 2.61 bits per heavy atom. The van der Waals surface area contributed by atoms with Crippen LogP contribution in [0.5, 0.6) is 0 Å². The topological polar surface area (TPSA) is 48.0 Å². The lowest BCUT2D eigenvalue weighted by molar-refractivity contribution is 0.528. The van der Waals surface area contributed by atoms with Crippen LogP contribution in [0.25, 0.3) is 10.9 Å². The highest BCUT2D eigenvalue weighted by Crippen LogP contribution is 2.22. The van der Waals surface area contributed by atoms with Crippen molar-refractivity contribution in [3.8, 4) is 0 Å². The second-order valence-corrected chi connectivity index (χ2v) is 5.21. The molecule has 18 heavy (non-hydrogen) atoms. The van der Waals surface area contributed by atoms with E-state index in [1.54, 1.807) is 13.1 Å². The van der Waals surface area contributed by atoms with Crippen molar-refractivity contribution in [2.45, 2.75) is 19.3 Å². The van der Waals surface area contributed by atoms with Crippen LogP contribution in [0.1, 0.15) is 19.4 Å². The molecule has 1 aromatic heterocycles. The molecule has 2 aromatic rings. The monoisotopic (exact) mass is 248 g/mol. The molecule has 1 aromatic carbocycles. The van der Waals surface area contributed by atoms with Crippen LogP contribution in [0.3, 0.4) is 0 Å². The Kier molecular flexibility index (Phi) is 2.99. The van der Waals surface area contributed by atoms with Gasteiger partial charge in [-0.1, -0.05) is 13.8 Å². The molecule has 0 unspecified atom stereocenters. The number of benzene rings is 1. The average molecular weight is 248 g/mol. The van der Waals surface area contributed by atoms with Gasteiger partial charge in [-0.15, -0.1) is 0 Å². The minimum Gasteiger partial charge on any atom is -0.330 e. The molecule has 0 amide bonds. The fourth-order valence-electron chi connectivity index (χ4n) is 2.03. The molecule has 0 aliphatic rings. The molecule has 2 N–H and O–H groups in total. The van der Waals surface area contributed by atoms with E-state index in [4.69, 9.17) is 5.73 Å². The molecule has 0 atom stereocenters. The number of aryl methyl sites for hydroxylation is 1. The number of halogens is 1. The summed E-state index contributed by atoms with van der Waals surface area (Å²) in [6.45, 7) is 4.24. The lowest BCUT2D eigenvalue weighted by atomic mass is 9.85. The SMILES string of the molecule is Cn1c(=O)c(C(C)(C)CN)cc2ccc(F)cc21. The van der Waals surface area contributed by atoms with E-state index in [1.165, 1.54) is 16.7 Å². The van der Waals surface area contributed by atoms with Crippen molar-refractivity contribution in [3.05, 3.63) is 46.0 Å². The molecule has 2 rings (SSSR count). The van der Waals surface area contributed by atoms with Crippen molar-refractivity contribution in [2.75, 3.05) is 6.54 Å². The summed E-state index contributed by atoms with van der Waals surface area (Å²) in [5.74, 6) is -0.344. The first-order chi connectivity index (χ1) is 8.36. The van der Waals surface area contributed by atoms with Gasteiger partial charge in [0.2, 0.25) is 0 Å². The summed E-state index contributed by atoms with van der Waals surface area (Å²) in [4.78, 5) is 12.3. The molecule has 0 spiro atoms. The maximum Gasteiger partial charge on any atom is 0.254 e. The Balaban J connectivity index is 2.84. The molecule has 0 fully saturated rings. The molecular formula is C14H17FN2O. The van der Waals surface area contributed by atoms with Crippen molar-refractivity contribution in [1.29, 1.82) is 0 Å². The fourth-order valence-corrected chi connectivity index (χ4v) is 2.03. The van der Waals surface area contributed by atoms with Crippen LogP contribution in [0.4, 0.5) is 4.39 Å². The molecule has 4 heteroatoms. The van der Waals surface area contributed by atoms with Gasteiger partial charge in [0.15, 0.2) is 0 Å². The van der Waals surface area contributed by atoms with Gasteiger partial charge < -0.3 is 10.3 Å². The first-order valence-corrected chi connectivity index (χ1v) is 5.86. The van der Waals surface area contributed by atoms with Gasteiger partial charge in [-0.05, 0) is 29.7 Å². The first-order valence-electron chi connectivity index (χ1n) is 5.86. The average Bonchev–Trinajstić information content (AvgIpc) is 2.34. The second-order valence-electron chi connectivity index (χ2n) is 5.21. The molecule has 1 heterocycles. The van der Waals surface area contributed by atoms with E-state index in [0.717, 1.165) is 5.39 Å². The summed E-state index contributed by atoms with van der Waals surface area (Å²) in [5.41, 5.74) is 6.46. The van der Waals surface area contributed by atoms with E-state index in [1.807, 2.05) is 19.9 Å². The molecule has 0 saturated carbocycles. The highest BCUT2D eigenvalue weighted by atomic mass is 19.1. The Labute approximate surface area is 105 Å². The van der Waals surface area contributed by atoms with E-state index < -0.39 is 5.41 Å². The van der Waals surface area contributed by atoms with Crippen LogP contribution in [0.15, 0.2) is 29.1 Å². The van der Waals surface area contributed by atoms with Crippen molar-refractivity contribution in [1.82, 2.24) is 4.57 Å². The lowest BCUT2D eigenvalue weighted by Crippen LogP contribution is -2.36. The van der Waals surface area contributed by atoms with Gasteiger partial charge in [-0.25, -0.2) is 4.39 Å². The minimum atomic E-state index is -0.391. The number of fused-ring (bicyclic) bond motifs is 1. The van der Waals surface area contributed by atoms with Gasteiger partial charge >= 0.3 is 0 Å². The maximum atomic E-state index is 13.2. The third kappa shape index (κ3) is 1.93. The van der Waals surface area contributed by atoms with Crippen molar-refractivity contribution < 1.29 is 4.39 Å². The quantitative estimate of drug-likeness (QED) is 0.882. The molecular weight excluding hydrogens is 231 g/mol. The van der Waals surface area contributed by atoms with E-state index in [0.29, 0.717) is 17.6 Å². The van der Waals surface area contributed by atoms with Gasteiger partial charge in [0.25, 0.3) is 5.56 Å². The molecule has 0 radical (unpaired) electrons. The predicted molar refractivity (Wildman–Crippen MR) is 71.2 cm³/mol. The van der Waals surface area contributed by atoms with E-state index in [-0.39, 0.29) is 11.4 Å². The molecule has 0 bridgehead atoms. The number of nitrogens with two attached hydrogens (primary N) is 1. The zero-order valence-electron chi connectivity index (χ0n) is 10.8. The van der Waals surface area contributed by atoms with Crippen LogP contribution >= 0.6 is 0 Å². The number of hydrogen-bond donors (Lipinski definition) is 1. The normalized spacial score (nSPS) is 12.1. The molecule has 0 saturated heterocycles. The number of aromatic nitrogens is 1. The largest absolute Gasteiger partial charge is 0.330 e. The fraction of sp³-hybridized carbons (Fsp3) is 0.357. The zero-order chi connectivity index (χ0) is 13.5. The molecule has 96 valence electrons. The van der Waals surface area contributed by atoms with Crippen molar-refractivity contribution in [3.63, 3.8) is 0 Å². The number of hydrogen-bond acceptors (Lipinski definition) is 2. The predicted octanol–water partition coefficient (Wildman–Crippen LogP) is 1.91. The molecule has 3 nitrogen and oxygen atoms in total. The van der Waals surface area contributed by atoms with Crippen LogP contribution in [0, 0.1) is 5.82 Å². The van der Waals surface area contributed by atoms with Crippen LogP contribution in [0.2, 0.25) is 0 Å². The summed E-state index contributed by atoms with van der Waals surface area (Å²) in [6, 6.07) is 6.26. The second kappa shape index (κ2) is 4.21. The highest BCUT2D eigenvalue weighted by molar-refractivity contribution is 5.79. The Bertz CT molecular complexity index is 659. The van der Waals surface area contributed by atoms with Crippen molar-refractivity contribution >= 4 is 10.9 Å². The zero-order valence-corrected chi connectivity index (χ0v) is 10.8. The first kappa shape index (κ1) is 12.8. The van der Waals surface area contributed by atoms with Crippen LogP contribution in [-0.4, -0.2) is 11.1 Å². The number of nitrogens with zero attached hydrogens (tertiary/aromatic N) is 1. The van der Waals surface area contributed by atoms with Gasteiger partial charge in [-0.2, -0.15) is 0 Å². The van der Waals surface area contributed by atoms with Gasteiger partial charge in [0.1, 0.15) is 5.82 Å². The summed E-state index contributed by atoms with van der Waals surface area (Å²) >= 11 is 0. The Morgan fingerprint density at radius 1 is 1.33 bits per heavy atom. The van der Waals surface area contributed by atoms with Gasteiger partial charge in [0, 0.05) is 24.6 Å². The van der Waals surface area contributed by atoms with Gasteiger partial charge in [-0.3, -0.25) is 4.79 Å². The summed E-state index contributed by atoms with van der Waals surface area (Å²) in [6.07, 6.45) is 0. The standard InChI is InChI=1S/C14H17FN2O/c1-14(2,8-16)11-6-9-4-5-10(15)7-12(9)17(3)13(11)18/h4-7H,8,16H2,1-3H3. The van der Waals surface area contributed by atoms with Crippen LogP contribution < -0.4 is 11.3 Å². The summed E-state index contributed by atoms with van der Waals surface area (Å²) in [5, 5.41) is 0.843. The molecule has 0 aliphatic heterocycles. The number of rotatable bonds is 2. The third-order valence-electron chi connectivity index (χ3n) is 3.43. The smallest absolute Gasteiger partial charge is 0.254 e. The maximum absolute atomic E-state index is 13.2. The summed E-state index contributed by atoms with van der Waals surface area (Å²) in [7, 11) is 1.65. The number of pyridine rings is 1.